The summed E-state index contributed by atoms with van der Waals surface area (Å²) >= 11 is 5.88. The van der Waals surface area contributed by atoms with Crippen LogP contribution in [0.4, 0.5) is 5.95 Å². The lowest BCUT2D eigenvalue weighted by molar-refractivity contribution is 0.965. The summed E-state index contributed by atoms with van der Waals surface area (Å²) in [5, 5.41) is 4.43. The molecule has 4 nitrogen and oxygen atoms in total. The molecule has 0 aliphatic carbocycles. The zero-order valence-electron chi connectivity index (χ0n) is 6.45. The number of aryl methyl sites for hydroxylation is 1. The Hall–Kier alpha value is -1.29. The monoisotopic (exact) mass is 182 g/mol. The number of pyridine rings is 1. The van der Waals surface area contributed by atoms with Crippen LogP contribution in [0, 0.1) is 6.92 Å². The van der Waals surface area contributed by atoms with Crippen LogP contribution in [0.5, 0.6) is 0 Å². The molecule has 62 valence electrons. The van der Waals surface area contributed by atoms with Gasteiger partial charge in [0.25, 0.3) is 0 Å². The SMILES string of the molecule is Cc1cc(Cl)n2nc(N)nc2c1. The maximum Gasteiger partial charge on any atom is 0.240 e. The first-order chi connectivity index (χ1) is 5.66. The van der Waals surface area contributed by atoms with Gasteiger partial charge in [0.05, 0.1) is 0 Å². The smallest absolute Gasteiger partial charge is 0.240 e. The van der Waals surface area contributed by atoms with Crippen LogP contribution in [0.25, 0.3) is 5.65 Å². The van der Waals surface area contributed by atoms with Crippen molar-refractivity contribution in [1.29, 1.82) is 0 Å². The van der Waals surface area contributed by atoms with Crippen molar-refractivity contribution in [1.82, 2.24) is 14.6 Å². The summed E-state index contributed by atoms with van der Waals surface area (Å²) < 4.78 is 1.50. The van der Waals surface area contributed by atoms with Gasteiger partial charge >= 0.3 is 0 Å². The van der Waals surface area contributed by atoms with E-state index in [9.17, 15) is 0 Å². The van der Waals surface area contributed by atoms with E-state index in [1.54, 1.807) is 0 Å². The molecular formula is C7H7ClN4. The molecule has 0 spiro atoms. The minimum Gasteiger partial charge on any atom is -0.366 e. The lowest BCUT2D eigenvalue weighted by Crippen LogP contribution is -1.91. The van der Waals surface area contributed by atoms with Gasteiger partial charge in [-0.3, -0.25) is 0 Å². The molecule has 0 aliphatic heterocycles. The molecule has 0 aliphatic rings. The highest BCUT2D eigenvalue weighted by atomic mass is 35.5. The van der Waals surface area contributed by atoms with Crippen molar-refractivity contribution in [3.8, 4) is 0 Å². The minimum atomic E-state index is 0.238. The Labute approximate surface area is 74.0 Å². The van der Waals surface area contributed by atoms with Crippen LogP contribution < -0.4 is 5.73 Å². The van der Waals surface area contributed by atoms with E-state index in [-0.39, 0.29) is 5.95 Å². The van der Waals surface area contributed by atoms with Crippen LogP contribution in [0.1, 0.15) is 5.56 Å². The summed E-state index contributed by atoms with van der Waals surface area (Å²) in [5.41, 5.74) is 7.13. The van der Waals surface area contributed by atoms with E-state index >= 15 is 0 Å². The summed E-state index contributed by atoms with van der Waals surface area (Å²) in [6.07, 6.45) is 0. The van der Waals surface area contributed by atoms with E-state index < -0.39 is 0 Å². The molecule has 0 amide bonds. The molecule has 12 heavy (non-hydrogen) atoms. The van der Waals surface area contributed by atoms with Gasteiger partial charge in [0, 0.05) is 0 Å². The molecule has 5 heteroatoms. The van der Waals surface area contributed by atoms with Gasteiger partial charge in [0.1, 0.15) is 5.15 Å². The molecule has 2 rings (SSSR count). The first-order valence-electron chi connectivity index (χ1n) is 3.45. The maximum absolute atomic E-state index is 5.88. The quantitative estimate of drug-likeness (QED) is 0.625. The number of fused-ring (bicyclic) bond motifs is 1. The van der Waals surface area contributed by atoms with E-state index in [1.165, 1.54) is 4.52 Å². The summed E-state index contributed by atoms with van der Waals surface area (Å²) in [4.78, 5) is 3.98. The third-order valence-corrected chi connectivity index (χ3v) is 1.82. The number of nitrogens with two attached hydrogens (primary N) is 1. The van der Waals surface area contributed by atoms with Gasteiger partial charge < -0.3 is 5.73 Å². The number of rotatable bonds is 0. The minimum absolute atomic E-state index is 0.238. The molecule has 2 N–H and O–H groups in total. The second-order valence-corrected chi connectivity index (χ2v) is 2.98. The lowest BCUT2D eigenvalue weighted by Gasteiger charge is -1.95. The van der Waals surface area contributed by atoms with Crippen molar-refractivity contribution in [2.24, 2.45) is 0 Å². The van der Waals surface area contributed by atoms with Crippen LogP contribution in [0.15, 0.2) is 12.1 Å². The molecule has 0 saturated carbocycles. The first-order valence-corrected chi connectivity index (χ1v) is 3.83. The van der Waals surface area contributed by atoms with Gasteiger partial charge in [0.15, 0.2) is 5.65 Å². The van der Waals surface area contributed by atoms with Crippen LogP contribution >= 0.6 is 11.6 Å². The zero-order chi connectivity index (χ0) is 8.72. The number of hydrogen-bond donors (Lipinski definition) is 1. The molecule has 0 bridgehead atoms. The number of anilines is 1. The largest absolute Gasteiger partial charge is 0.366 e. The highest BCUT2D eigenvalue weighted by molar-refractivity contribution is 6.29. The van der Waals surface area contributed by atoms with Gasteiger partial charge in [-0.2, -0.15) is 4.98 Å². The number of nitrogen functional groups attached to an aromatic ring is 1. The number of aromatic nitrogens is 3. The normalized spacial score (nSPS) is 10.8. The standard InChI is InChI=1S/C7H7ClN4/c1-4-2-5(8)12-6(3-4)10-7(9)11-12/h2-3H,1H3,(H2,9,11). The Kier molecular flexibility index (Phi) is 1.44. The summed E-state index contributed by atoms with van der Waals surface area (Å²) in [6.45, 7) is 1.94. The molecule has 0 saturated heterocycles. The van der Waals surface area contributed by atoms with E-state index in [0.29, 0.717) is 10.8 Å². The Morgan fingerprint density at radius 1 is 1.50 bits per heavy atom. The predicted molar refractivity (Wildman–Crippen MR) is 47.1 cm³/mol. The van der Waals surface area contributed by atoms with Crippen LogP contribution in [0.3, 0.4) is 0 Å². The van der Waals surface area contributed by atoms with Crippen molar-refractivity contribution >= 4 is 23.2 Å². The van der Waals surface area contributed by atoms with Crippen molar-refractivity contribution in [2.45, 2.75) is 6.92 Å². The fourth-order valence-electron chi connectivity index (χ4n) is 1.09. The Morgan fingerprint density at radius 2 is 2.25 bits per heavy atom. The Balaban J connectivity index is 2.88. The molecule has 0 atom stereocenters. The van der Waals surface area contributed by atoms with Crippen molar-refractivity contribution in [3.05, 3.63) is 22.8 Å². The average Bonchev–Trinajstić information content (AvgIpc) is 2.29. The van der Waals surface area contributed by atoms with Gasteiger partial charge in [0.2, 0.25) is 5.95 Å². The van der Waals surface area contributed by atoms with Gasteiger partial charge in [-0.25, -0.2) is 4.52 Å². The highest BCUT2D eigenvalue weighted by Crippen LogP contribution is 2.14. The average molecular weight is 183 g/mol. The van der Waals surface area contributed by atoms with Gasteiger partial charge in [-0.1, -0.05) is 11.6 Å². The second kappa shape index (κ2) is 2.35. The van der Waals surface area contributed by atoms with E-state index in [2.05, 4.69) is 10.1 Å². The molecule has 0 aromatic carbocycles. The summed E-state index contributed by atoms with van der Waals surface area (Å²) in [5.74, 6) is 0.238. The maximum atomic E-state index is 5.88. The zero-order valence-corrected chi connectivity index (χ0v) is 7.21. The van der Waals surface area contributed by atoms with Crippen molar-refractivity contribution in [2.75, 3.05) is 5.73 Å². The highest BCUT2D eigenvalue weighted by Gasteiger charge is 2.03. The predicted octanol–water partition coefficient (Wildman–Crippen LogP) is 1.27. The molecule has 0 fully saturated rings. The number of nitrogens with zero attached hydrogens (tertiary/aromatic N) is 3. The Morgan fingerprint density at radius 3 is 3.00 bits per heavy atom. The number of hydrogen-bond acceptors (Lipinski definition) is 3. The third-order valence-electron chi connectivity index (χ3n) is 1.55. The van der Waals surface area contributed by atoms with Crippen LogP contribution in [-0.2, 0) is 0 Å². The topological polar surface area (TPSA) is 56.2 Å². The lowest BCUT2D eigenvalue weighted by atomic mass is 10.3. The molecule has 0 unspecified atom stereocenters. The summed E-state index contributed by atoms with van der Waals surface area (Å²) in [7, 11) is 0. The fraction of sp³-hybridized carbons (Fsp3) is 0.143. The first kappa shape index (κ1) is 7.36. The Bertz CT molecular complexity index is 434. The van der Waals surface area contributed by atoms with E-state index in [1.807, 2.05) is 19.1 Å². The molecule has 2 aromatic rings. The van der Waals surface area contributed by atoms with Crippen molar-refractivity contribution < 1.29 is 0 Å². The van der Waals surface area contributed by atoms with Gasteiger partial charge in [-0.05, 0) is 24.6 Å². The van der Waals surface area contributed by atoms with Gasteiger partial charge in [-0.15, -0.1) is 5.10 Å². The van der Waals surface area contributed by atoms with Crippen molar-refractivity contribution in [3.63, 3.8) is 0 Å². The molecule has 2 heterocycles. The molecule has 2 aromatic heterocycles. The molecule has 0 radical (unpaired) electrons. The second-order valence-electron chi connectivity index (χ2n) is 2.60. The van der Waals surface area contributed by atoms with E-state index in [0.717, 1.165) is 5.56 Å². The van der Waals surface area contributed by atoms with Crippen LogP contribution in [0.2, 0.25) is 5.15 Å². The number of halogens is 1. The molecular weight excluding hydrogens is 176 g/mol. The van der Waals surface area contributed by atoms with Crippen LogP contribution in [-0.4, -0.2) is 14.6 Å². The fourth-order valence-corrected chi connectivity index (χ4v) is 1.38. The third kappa shape index (κ3) is 1.00. The van der Waals surface area contributed by atoms with E-state index in [4.69, 9.17) is 17.3 Å². The summed E-state index contributed by atoms with van der Waals surface area (Å²) in [6, 6.07) is 3.68.